The minimum Gasteiger partial charge on any atom is -0.352 e. The van der Waals surface area contributed by atoms with Gasteiger partial charge in [0.25, 0.3) is 5.91 Å². The summed E-state index contributed by atoms with van der Waals surface area (Å²) in [7, 11) is 0. The van der Waals surface area contributed by atoms with Crippen LogP contribution >= 0.6 is 46.8 Å². The first-order chi connectivity index (χ1) is 11.5. The number of carbonyl (C=O) groups is 1. The maximum atomic E-state index is 12.2. The van der Waals surface area contributed by atoms with Crippen LogP contribution in [0.5, 0.6) is 0 Å². The molecule has 2 heterocycles. The van der Waals surface area contributed by atoms with Gasteiger partial charge in [-0.05, 0) is 35.9 Å². The van der Waals surface area contributed by atoms with Crippen molar-refractivity contribution < 1.29 is 4.79 Å². The van der Waals surface area contributed by atoms with Crippen molar-refractivity contribution in [2.45, 2.75) is 6.42 Å². The Bertz CT molecular complexity index is 952. The second kappa shape index (κ2) is 7.44. The van der Waals surface area contributed by atoms with Crippen LogP contribution in [0.4, 0.5) is 5.13 Å². The van der Waals surface area contributed by atoms with Gasteiger partial charge in [-0.1, -0.05) is 35.4 Å². The topological polar surface area (TPSA) is 57.8 Å². The number of aromatic nitrogens is 2. The second-order valence-electron chi connectivity index (χ2n) is 4.91. The molecular formula is C16H11Cl2N3OS2. The average molecular weight is 396 g/mol. The molecule has 0 saturated carbocycles. The zero-order valence-corrected chi connectivity index (χ0v) is 15.3. The Hall–Kier alpha value is -1.73. The average Bonchev–Trinajstić information content (AvgIpc) is 2.98. The Balaban J connectivity index is 1.74. The zero-order valence-electron chi connectivity index (χ0n) is 12.2. The summed E-state index contributed by atoms with van der Waals surface area (Å²) in [6, 6.07) is 8.72. The second-order valence-corrected chi connectivity index (χ2v) is 7.28. The fourth-order valence-electron chi connectivity index (χ4n) is 2.08. The van der Waals surface area contributed by atoms with Crippen molar-refractivity contribution in [1.29, 1.82) is 0 Å². The van der Waals surface area contributed by atoms with Crippen LogP contribution in [0.2, 0.25) is 10.0 Å². The highest BCUT2D eigenvalue weighted by molar-refractivity contribution is 7.71. The molecule has 0 atom stereocenters. The number of amides is 1. The largest absolute Gasteiger partial charge is 0.352 e. The summed E-state index contributed by atoms with van der Waals surface area (Å²) in [5, 5.41) is 4.54. The number of halogens is 2. The summed E-state index contributed by atoms with van der Waals surface area (Å²) in [6.07, 6.45) is 3.98. The van der Waals surface area contributed by atoms with Gasteiger partial charge >= 0.3 is 0 Å². The summed E-state index contributed by atoms with van der Waals surface area (Å²) < 4.78 is 0.387. The highest BCUT2D eigenvalue weighted by Gasteiger charge is 2.11. The summed E-state index contributed by atoms with van der Waals surface area (Å²) >= 11 is 18.7. The van der Waals surface area contributed by atoms with Gasteiger partial charge in [-0.25, -0.2) is 4.98 Å². The van der Waals surface area contributed by atoms with Gasteiger partial charge in [0.15, 0.2) is 5.13 Å². The minimum atomic E-state index is -0.293. The van der Waals surface area contributed by atoms with Crippen LogP contribution in [-0.4, -0.2) is 15.9 Å². The van der Waals surface area contributed by atoms with E-state index in [4.69, 9.17) is 35.4 Å². The van der Waals surface area contributed by atoms with E-state index in [0.29, 0.717) is 31.8 Å². The number of hydrogen-bond donors (Lipinski definition) is 2. The number of H-pyrrole nitrogens is 1. The lowest BCUT2D eigenvalue weighted by molar-refractivity contribution is 0.102. The van der Waals surface area contributed by atoms with Gasteiger partial charge in [0, 0.05) is 33.7 Å². The lowest BCUT2D eigenvalue weighted by Gasteiger charge is -2.03. The zero-order chi connectivity index (χ0) is 17.1. The van der Waals surface area contributed by atoms with Crippen molar-refractivity contribution in [3.63, 3.8) is 0 Å². The molecular weight excluding hydrogens is 385 g/mol. The molecule has 0 radical (unpaired) electrons. The van der Waals surface area contributed by atoms with Gasteiger partial charge in [-0.15, -0.1) is 11.3 Å². The first-order valence-corrected chi connectivity index (χ1v) is 8.88. The standard InChI is InChI=1S/C16H11Cl2N3OS2/c17-10-3-4-13(18)9(6-10)7-11-8-20-16(24-11)21-14(22)12-2-1-5-19-15(12)23/h1-6,8H,7H2,(H,19,23)(H,20,21,22). The number of pyridine rings is 1. The van der Waals surface area contributed by atoms with Gasteiger partial charge < -0.3 is 4.98 Å². The molecule has 0 spiro atoms. The van der Waals surface area contributed by atoms with Gasteiger partial charge in [0.2, 0.25) is 0 Å². The van der Waals surface area contributed by atoms with Crippen molar-refractivity contribution in [1.82, 2.24) is 9.97 Å². The quantitative estimate of drug-likeness (QED) is 0.585. The molecule has 2 N–H and O–H groups in total. The van der Waals surface area contributed by atoms with Gasteiger partial charge in [0.05, 0.1) is 5.56 Å². The molecule has 0 bridgehead atoms. The normalized spacial score (nSPS) is 10.6. The Labute approximate surface area is 157 Å². The summed E-state index contributed by atoms with van der Waals surface area (Å²) in [5.41, 5.74) is 1.32. The maximum absolute atomic E-state index is 12.2. The molecule has 3 aromatic rings. The first kappa shape index (κ1) is 17.1. The van der Waals surface area contributed by atoms with Crippen molar-refractivity contribution in [3.05, 3.63) is 73.4 Å². The molecule has 0 unspecified atom stereocenters. The highest BCUT2D eigenvalue weighted by atomic mass is 35.5. The molecule has 8 heteroatoms. The van der Waals surface area contributed by atoms with Crippen LogP contribution in [0.15, 0.2) is 42.7 Å². The number of benzene rings is 1. The predicted octanol–water partition coefficient (Wildman–Crippen LogP) is 5.35. The van der Waals surface area contributed by atoms with Crippen molar-refractivity contribution in [2.24, 2.45) is 0 Å². The molecule has 2 aromatic heterocycles. The van der Waals surface area contributed by atoms with Crippen LogP contribution in [0.25, 0.3) is 0 Å². The maximum Gasteiger partial charge on any atom is 0.260 e. The molecule has 0 aliphatic rings. The fraction of sp³-hybridized carbons (Fsp3) is 0.0625. The lowest BCUT2D eigenvalue weighted by atomic mass is 10.1. The molecule has 3 rings (SSSR count). The number of anilines is 1. The number of nitrogens with zero attached hydrogens (tertiary/aromatic N) is 1. The molecule has 0 aliphatic carbocycles. The Kier molecular flexibility index (Phi) is 5.30. The molecule has 0 saturated heterocycles. The number of carbonyl (C=O) groups excluding carboxylic acids is 1. The van der Waals surface area contributed by atoms with Crippen LogP contribution in [0, 0.1) is 4.64 Å². The molecule has 1 amide bonds. The molecule has 0 fully saturated rings. The highest BCUT2D eigenvalue weighted by Crippen LogP contribution is 2.27. The van der Waals surface area contributed by atoms with E-state index in [1.165, 1.54) is 11.3 Å². The van der Waals surface area contributed by atoms with Crippen molar-refractivity contribution >= 4 is 57.8 Å². The summed E-state index contributed by atoms with van der Waals surface area (Å²) in [4.78, 5) is 20.2. The summed E-state index contributed by atoms with van der Waals surface area (Å²) in [5.74, 6) is -0.293. The number of thiazole rings is 1. The van der Waals surface area contributed by atoms with E-state index in [-0.39, 0.29) is 5.91 Å². The number of aromatic amines is 1. The monoisotopic (exact) mass is 395 g/mol. The first-order valence-electron chi connectivity index (χ1n) is 6.90. The molecule has 24 heavy (non-hydrogen) atoms. The minimum absolute atomic E-state index is 0.293. The van der Waals surface area contributed by atoms with Crippen molar-refractivity contribution in [3.8, 4) is 0 Å². The van der Waals surface area contributed by atoms with E-state index in [1.807, 2.05) is 6.07 Å². The SMILES string of the molecule is O=C(Nc1ncc(Cc2cc(Cl)ccc2Cl)s1)c1ccc[nH]c1=S. The predicted molar refractivity (Wildman–Crippen MR) is 101 cm³/mol. The smallest absolute Gasteiger partial charge is 0.260 e. The number of hydrogen-bond acceptors (Lipinski definition) is 4. The van der Waals surface area contributed by atoms with E-state index in [0.717, 1.165) is 10.4 Å². The number of nitrogens with one attached hydrogen (secondary N) is 2. The van der Waals surface area contributed by atoms with Crippen molar-refractivity contribution in [2.75, 3.05) is 5.32 Å². The third kappa shape index (κ3) is 4.02. The van der Waals surface area contributed by atoms with Crippen LogP contribution in [-0.2, 0) is 6.42 Å². The molecule has 0 aliphatic heterocycles. The Morgan fingerprint density at radius 2 is 2.17 bits per heavy atom. The summed E-state index contributed by atoms with van der Waals surface area (Å²) in [6.45, 7) is 0. The van der Waals surface area contributed by atoms with E-state index in [1.54, 1.807) is 36.7 Å². The number of rotatable bonds is 4. The van der Waals surface area contributed by atoms with E-state index >= 15 is 0 Å². The third-order valence-electron chi connectivity index (χ3n) is 3.21. The van der Waals surface area contributed by atoms with Gasteiger partial charge in [0.1, 0.15) is 4.64 Å². The fourth-order valence-corrected chi connectivity index (χ4v) is 3.52. The van der Waals surface area contributed by atoms with Crippen LogP contribution in [0.3, 0.4) is 0 Å². The molecule has 4 nitrogen and oxygen atoms in total. The van der Waals surface area contributed by atoms with E-state index < -0.39 is 0 Å². The van der Waals surface area contributed by atoms with E-state index in [2.05, 4.69) is 15.3 Å². The van der Waals surface area contributed by atoms with Crippen LogP contribution in [0.1, 0.15) is 20.8 Å². The third-order valence-corrected chi connectivity index (χ3v) is 5.06. The molecule has 122 valence electrons. The van der Waals surface area contributed by atoms with E-state index in [9.17, 15) is 4.79 Å². The van der Waals surface area contributed by atoms with Crippen LogP contribution < -0.4 is 5.32 Å². The Morgan fingerprint density at radius 3 is 2.96 bits per heavy atom. The molecule has 1 aromatic carbocycles. The van der Waals surface area contributed by atoms with Gasteiger partial charge in [-0.2, -0.15) is 0 Å². The lowest BCUT2D eigenvalue weighted by Crippen LogP contribution is -2.12. The van der Waals surface area contributed by atoms with Gasteiger partial charge in [-0.3, -0.25) is 10.1 Å². The Morgan fingerprint density at radius 1 is 1.33 bits per heavy atom.